The van der Waals surface area contributed by atoms with Crippen molar-refractivity contribution in [2.75, 3.05) is 0 Å². The molecule has 4 heteroatoms. The van der Waals surface area contributed by atoms with E-state index in [1.165, 1.54) is 11.8 Å². The minimum Gasteiger partial charge on any atom is -0.469 e. The summed E-state index contributed by atoms with van der Waals surface area (Å²) in [6.45, 7) is 5.76. The second-order valence-corrected chi connectivity index (χ2v) is 6.46. The molecule has 0 radical (unpaired) electrons. The zero-order chi connectivity index (χ0) is 14.9. The first kappa shape index (κ1) is 13.9. The quantitative estimate of drug-likeness (QED) is 0.800. The predicted octanol–water partition coefficient (Wildman–Crippen LogP) is 4.03. The number of carbonyl (C=O) groups is 1. The van der Waals surface area contributed by atoms with Crippen LogP contribution in [0.1, 0.15) is 24.2 Å². The molecule has 0 fully saturated rings. The molecule has 0 spiro atoms. The van der Waals surface area contributed by atoms with Crippen molar-refractivity contribution >= 4 is 22.7 Å². The molecule has 0 aliphatic carbocycles. The van der Waals surface area contributed by atoms with Crippen LogP contribution in [0, 0.1) is 0 Å². The molecule has 2 heterocycles. The molecule has 0 saturated heterocycles. The van der Waals surface area contributed by atoms with E-state index in [1.807, 2.05) is 49.4 Å². The second-order valence-electron chi connectivity index (χ2n) is 5.03. The molecule has 0 bridgehead atoms. The van der Waals surface area contributed by atoms with Gasteiger partial charge in [0.2, 0.25) is 0 Å². The van der Waals surface area contributed by atoms with Crippen molar-refractivity contribution in [3.05, 3.63) is 72.7 Å². The molecule has 0 N–H and O–H groups in total. The maximum absolute atomic E-state index is 12.5. The van der Waals surface area contributed by atoms with Crippen LogP contribution in [0.4, 0.5) is 0 Å². The summed E-state index contributed by atoms with van der Waals surface area (Å²) in [6, 6.07) is 13.4. The van der Waals surface area contributed by atoms with E-state index in [2.05, 4.69) is 11.6 Å². The largest absolute Gasteiger partial charge is 0.469 e. The van der Waals surface area contributed by atoms with Crippen LogP contribution >= 0.6 is 11.8 Å². The fraction of sp³-hybridized carbons (Fsp3) is 0.176. The summed E-state index contributed by atoms with van der Waals surface area (Å²) in [5, 5.41) is 0.751. The average Bonchev–Trinajstić information content (AvgIpc) is 3.11. The summed E-state index contributed by atoms with van der Waals surface area (Å²) >= 11 is 1.47. The lowest BCUT2D eigenvalue weighted by molar-refractivity contribution is -0.119. The zero-order valence-corrected chi connectivity index (χ0v) is 12.5. The van der Waals surface area contributed by atoms with Crippen LogP contribution in [0.2, 0.25) is 0 Å². The lowest BCUT2D eigenvalue weighted by Crippen LogP contribution is -2.33. The lowest BCUT2D eigenvalue weighted by atomic mass is 9.90. The highest BCUT2D eigenvalue weighted by molar-refractivity contribution is 8.16. The van der Waals surface area contributed by atoms with Gasteiger partial charge in [-0.05, 0) is 19.1 Å². The van der Waals surface area contributed by atoms with Crippen molar-refractivity contribution in [1.29, 1.82) is 0 Å². The number of furan rings is 1. The third kappa shape index (κ3) is 2.36. The fourth-order valence-electron chi connectivity index (χ4n) is 2.45. The Hall–Kier alpha value is -2.07. The SMILES string of the molecule is C=C[C@H](c1ccco1)[C@@]1(C)SC(c2ccccc2)=NC1=O. The predicted molar refractivity (Wildman–Crippen MR) is 85.6 cm³/mol. The van der Waals surface area contributed by atoms with E-state index in [-0.39, 0.29) is 11.8 Å². The molecule has 0 saturated carbocycles. The van der Waals surface area contributed by atoms with Crippen molar-refractivity contribution in [3.63, 3.8) is 0 Å². The zero-order valence-electron chi connectivity index (χ0n) is 11.7. The van der Waals surface area contributed by atoms with Gasteiger partial charge in [0.15, 0.2) is 0 Å². The molecule has 3 rings (SSSR count). The molecule has 3 nitrogen and oxygen atoms in total. The Bertz CT molecular complexity index is 691. The molecule has 106 valence electrons. The Kier molecular flexibility index (Phi) is 3.55. The number of hydrogen-bond donors (Lipinski definition) is 0. The summed E-state index contributed by atoms with van der Waals surface area (Å²) < 4.78 is 4.75. The van der Waals surface area contributed by atoms with E-state index >= 15 is 0 Å². The number of hydrogen-bond acceptors (Lipinski definition) is 3. The molecule has 1 aliphatic rings. The Morgan fingerprint density at radius 1 is 1.29 bits per heavy atom. The number of nitrogens with zero attached hydrogens (tertiary/aromatic N) is 1. The second kappa shape index (κ2) is 5.37. The highest BCUT2D eigenvalue weighted by atomic mass is 32.2. The minimum atomic E-state index is -0.717. The molecular formula is C17H15NO2S. The Morgan fingerprint density at radius 2 is 2.05 bits per heavy atom. The Labute approximate surface area is 127 Å². The van der Waals surface area contributed by atoms with Gasteiger partial charge < -0.3 is 4.42 Å². The Morgan fingerprint density at radius 3 is 2.67 bits per heavy atom. The fourth-order valence-corrected chi connectivity index (χ4v) is 3.71. The molecule has 21 heavy (non-hydrogen) atoms. The number of amides is 1. The molecule has 1 aromatic carbocycles. The Balaban J connectivity index is 1.94. The van der Waals surface area contributed by atoms with Crippen LogP contribution in [0.3, 0.4) is 0 Å². The molecular weight excluding hydrogens is 282 g/mol. The third-order valence-electron chi connectivity index (χ3n) is 3.64. The highest BCUT2D eigenvalue weighted by Gasteiger charge is 2.48. The first-order chi connectivity index (χ1) is 10.1. The monoisotopic (exact) mass is 297 g/mol. The van der Waals surface area contributed by atoms with E-state index in [9.17, 15) is 4.79 Å². The van der Waals surface area contributed by atoms with Gasteiger partial charge in [0.1, 0.15) is 15.6 Å². The number of benzene rings is 1. The standard InChI is InChI=1S/C17H15NO2S/c1-3-13(14-10-7-11-20-14)17(2)16(19)18-15(21-17)12-8-5-4-6-9-12/h3-11,13H,1H2,2H3/t13-,17-/m1/s1. The van der Waals surface area contributed by atoms with E-state index in [0.29, 0.717) is 0 Å². The number of rotatable bonds is 4. The third-order valence-corrected chi connectivity index (χ3v) is 5.01. The molecule has 1 aromatic heterocycles. The smallest absolute Gasteiger partial charge is 0.264 e. The number of carbonyl (C=O) groups excluding carboxylic acids is 1. The van der Waals surface area contributed by atoms with Gasteiger partial charge in [-0.15, -0.1) is 6.58 Å². The summed E-state index contributed by atoms with van der Waals surface area (Å²) in [4.78, 5) is 16.7. The van der Waals surface area contributed by atoms with Crippen molar-refractivity contribution in [1.82, 2.24) is 0 Å². The van der Waals surface area contributed by atoms with Crippen molar-refractivity contribution in [2.24, 2.45) is 4.99 Å². The van der Waals surface area contributed by atoms with E-state index < -0.39 is 4.75 Å². The van der Waals surface area contributed by atoms with Crippen molar-refractivity contribution < 1.29 is 9.21 Å². The summed E-state index contributed by atoms with van der Waals surface area (Å²) in [7, 11) is 0. The van der Waals surface area contributed by atoms with E-state index in [1.54, 1.807) is 12.3 Å². The highest BCUT2D eigenvalue weighted by Crippen LogP contribution is 2.46. The van der Waals surface area contributed by atoms with Crippen molar-refractivity contribution in [2.45, 2.75) is 17.6 Å². The normalized spacial score (nSPS) is 22.9. The van der Waals surface area contributed by atoms with Crippen LogP contribution in [0.5, 0.6) is 0 Å². The van der Waals surface area contributed by atoms with Crippen LogP contribution in [-0.2, 0) is 4.79 Å². The maximum atomic E-state index is 12.5. The first-order valence-corrected chi connectivity index (χ1v) is 7.50. The first-order valence-electron chi connectivity index (χ1n) is 6.68. The molecule has 1 aliphatic heterocycles. The van der Waals surface area contributed by atoms with Gasteiger partial charge in [-0.2, -0.15) is 0 Å². The van der Waals surface area contributed by atoms with Gasteiger partial charge in [-0.1, -0.05) is 48.2 Å². The van der Waals surface area contributed by atoms with Crippen LogP contribution in [0.15, 0.2) is 70.8 Å². The van der Waals surface area contributed by atoms with Gasteiger partial charge in [0, 0.05) is 5.56 Å². The molecule has 1 amide bonds. The number of aliphatic imine (C=N–C) groups is 1. The van der Waals surface area contributed by atoms with Crippen LogP contribution < -0.4 is 0 Å². The van der Waals surface area contributed by atoms with Gasteiger partial charge in [0.05, 0.1) is 12.2 Å². The van der Waals surface area contributed by atoms with E-state index in [4.69, 9.17) is 4.42 Å². The number of allylic oxidation sites excluding steroid dienone is 1. The average molecular weight is 297 g/mol. The van der Waals surface area contributed by atoms with Gasteiger partial charge in [-0.25, -0.2) is 4.99 Å². The van der Waals surface area contributed by atoms with Gasteiger partial charge in [0.25, 0.3) is 5.91 Å². The van der Waals surface area contributed by atoms with Gasteiger partial charge >= 0.3 is 0 Å². The lowest BCUT2D eigenvalue weighted by Gasteiger charge is -2.26. The van der Waals surface area contributed by atoms with Crippen molar-refractivity contribution in [3.8, 4) is 0 Å². The van der Waals surface area contributed by atoms with Crippen LogP contribution in [0.25, 0.3) is 0 Å². The van der Waals surface area contributed by atoms with Crippen LogP contribution in [-0.4, -0.2) is 15.7 Å². The summed E-state index contributed by atoms with van der Waals surface area (Å²) in [5.74, 6) is 0.375. The minimum absolute atomic E-state index is 0.146. The topological polar surface area (TPSA) is 42.6 Å². The summed E-state index contributed by atoms with van der Waals surface area (Å²) in [6.07, 6.45) is 3.37. The summed E-state index contributed by atoms with van der Waals surface area (Å²) in [5.41, 5.74) is 0.960. The maximum Gasteiger partial charge on any atom is 0.264 e. The molecule has 2 atom stereocenters. The van der Waals surface area contributed by atoms with Gasteiger partial charge in [-0.3, -0.25) is 4.79 Å². The number of thioether (sulfide) groups is 1. The molecule has 2 aromatic rings. The van der Waals surface area contributed by atoms with E-state index in [0.717, 1.165) is 16.4 Å². The molecule has 0 unspecified atom stereocenters.